The van der Waals surface area contributed by atoms with E-state index in [4.69, 9.17) is 29.4 Å². The SMILES string of the molecule is COC(=O)C[C@@H]1C[C@@]2(CO2)C[C@@H](/C=C/C(C)=C/C[C@@H]2O[C@H](C)[C@H](NC(=O)/C=C\[C@H](C)OC(=O)CCc3ccccc3N(C(=O)[C@@H](NC(=O)CCCCCNC(=O)CBr)C(C)C)[C@@H](C)C(N)=O)C[C@@H]2C)O1. The number of allylic oxidation sites excluding steroid dienone is 2. The van der Waals surface area contributed by atoms with Crippen molar-refractivity contribution >= 4 is 63.1 Å². The molecule has 0 bridgehead atoms. The molecule has 10 atom stereocenters. The van der Waals surface area contributed by atoms with E-state index in [9.17, 15) is 33.6 Å². The van der Waals surface area contributed by atoms with Gasteiger partial charge in [0.05, 0.1) is 61.5 Å². The molecule has 5 N–H and O–H groups in total. The number of para-hydroxylation sites is 1. The van der Waals surface area contributed by atoms with Crippen LogP contribution in [0.2, 0.25) is 0 Å². The van der Waals surface area contributed by atoms with Gasteiger partial charge in [-0.3, -0.25) is 38.5 Å². The number of halogens is 1. The highest BCUT2D eigenvalue weighted by Gasteiger charge is 2.51. The Balaban J connectivity index is 1.25. The number of ether oxygens (including phenoxy) is 5. The maximum Gasteiger partial charge on any atom is 0.308 e. The van der Waals surface area contributed by atoms with Crippen molar-refractivity contribution in [3.8, 4) is 0 Å². The third kappa shape index (κ3) is 18.7. The summed E-state index contributed by atoms with van der Waals surface area (Å²) in [4.78, 5) is 90.7. The summed E-state index contributed by atoms with van der Waals surface area (Å²) in [6, 6.07) is 4.62. The van der Waals surface area contributed by atoms with Gasteiger partial charge in [0.15, 0.2) is 0 Å². The third-order valence-electron chi connectivity index (χ3n) is 13.0. The second-order valence-electron chi connectivity index (χ2n) is 19.3. The Labute approximate surface area is 421 Å². The number of nitrogens with one attached hydrogen (secondary N) is 3. The summed E-state index contributed by atoms with van der Waals surface area (Å²) in [5.74, 6) is -3.03. The molecule has 0 radical (unpaired) electrons. The number of rotatable bonds is 26. The van der Waals surface area contributed by atoms with Gasteiger partial charge in [-0.15, -0.1) is 0 Å². The lowest BCUT2D eigenvalue weighted by Gasteiger charge is -2.39. The highest BCUT2D eigenvalue weighted by atomic mass is 79.9. The highest BCUT2D eigenvalue weighted by Crippen LogP contribution is 2.43. The molecule has 0 aromatic heterocycles. The number of alkyl halides is 1. The Hall–Kier alpha value is -4.91. The number of carbonyl (C=O) groups is 7. The fourth-order valence-corrected chi connectivity index (χ4v) is 8.96. The van der Waals surface area contributed by atoms with Gasteiger partial charge in [0.1, 0.15) is 18.2 Å². The topological polar surface area (TPSA) is 234 Å². The van der Waals surface area contributed by atoms with E-state index in [1.165, 1.54) is 31.1 Å². The van der Waals surface area contributed by atoms with Crippen LogP contribution in [0.3, 0.4) is 0 Å². The molecule has 0 unspecified atom stereocenters. The van der Waals surface area contributed by atoms with Crippen molar-refractivity contribution in [2.75, 3.05) is 30.5 Å². The summed E-state index contributed by atoms with van der Waals surface area (Å²) in [6.45, 7) is 14.0. The molecule has 1 spiro atoms. The van der Waals surface area contributed by atoms with Gasteiger partial charge < -0.3 is 45.4 Å². The molecule has 3 aliphatic heterocycles. The number of carbonyl (C=O) groups excluding carboxylic acids is 7. The summed E-state index contributed by atoms with van der Waals surface area (Å²) in [6.07, 6.45) is 13.0. The van der Waals surface area contributed by atoms with Gasteiger partial charge in [0, 0.05) is 44.0 Å². The number of nitrogens with two attached hydrogens (primary N) is 1. The first-order valence-corrected chi connectivity index (χ1v) is 25.7. The second kappa shape index (κ2) is 28.2. The first-order chi connectivity index (χ1) is 33.2. The molecule has 18 heteroatoms. The van der Waals surface area contributed by atoms with Crippen LogP contribution in [0.25, 0.3) is 0 Å². The van der Waals surface area contributed by atoms with E-state index in [1.54, 1.807) is 45.0 Å². The maximum atomic E-state index is 14.3. The molecular formula is C52H76BrN5O12. The lowest BCUT2D eigenvalue weighted by Crippen LogP contribution is -2.56. The predicted octanol–water partition coefficient (Wildman–Crippen LogP) is 5.60. The highest BCUT2D eigenvalue weighted by molar-refractivity contribution is 9.09. The molecule has 3 aliphatic rings. The van der Waals surface area contributed by atoms with Crippen molar-refractivity contribution in [2.24, 2.45) is 17.6 Å². The maximum absolute atomic E-state index is 14.3. The number of hydrogen-bond acceptors (Lipinski definition) is 12. The van der Waals surface area contributed by atoms with Crippen LogP contribution in [-0.2, 0) is 63.7 Å². The minimum atomic E-state index is -1.08. The molecule has 17 nitrogen and oxygen atoms in total. The van der Waals surface area contributed by atoms with Crippen LogP contribution in [-0.4, -0.2) is 121 Å². The van der Waals surface area contributed by atoms with Crippen molar-refractivity contribution in [3.05, 3.63) is 65.8 Å². The normalized spacial score (nSPS) is 24.7. The predicted molar refractivity (Wildman–Crippen MR) is 268 cm³/mol. The van der Waals surface area contributed by atoms with Gasteiger partial charge >= 0.3 is 11.9 Å². The lowest BCUT2D eigenvalue weighted by molar-refractivity contribution is -0.147. The number of esters is 2. The molecule has 5 amide bonds. The van der Waals surface area contributed by atoms with Gasteiger partial charge in [-0.25, -0.2) is 0 Å². The molecule has 3 fully saturated rings. The minimum Gasteiger partial charge on any atom is -0.469 e. The average Bonchev–Trinajstić information content (AvgIpc) is 4.06. The number of anilines is 1. The second-order valence-corrected chi connectivity index (χ2v) is 19.8. The van der Waals surface area contributed by atoms with Crippen molar-refractivity contribution in [2.45, 2.75) is 173 Å². The Bertz CT molecular complexity index is 2060. The fraction of sp³-hybridized carbons (Fsp3) is 0.635. The molecule has 0 aliphatic carbocycles. The van der Waals surface area contributed by atoms with Crippen LogP contribution < -0.4 is 26.6 Å². The Morgan fingerprint density at radius 1 is 0.957 bits per heavy atom. The van der Waals surface area contributed by atoms with Gasteiger partial charge in [0.25, 0.3) is 5.91 Å². The monoisotopic (exact) mass is 1040 g/mol. The quantitative estimate of drug-likeness (QED) is 0.0222. The third-order valence-corrected chi connectivity index (χ3v) is 13.5. The van der Waals surface area contributed by atoms with E-state index in [1.807, 2.05) is 26.0 Å². The van der Waals surface area contributed by atoms with Crippen molar-refractivity contribution in [1.82, 2.24) is 16.0 Å². The first kappa shape index (κ1) is 57.7. The van der Waals surface area contributed by atoms with E-state index in [0.29, 0.717) is 56.5 Å². The zero-order valence-corrected chi connectivity index (χ0v) is 43.8. The number of hydrogen-bond donors (Lipinski definition) is 4. The molecule has 3 saturated heterocycles. The Kier molecular flexibility index (Phi) is 23.2. The minimum absolute atomic E-state index is 0.0366. The summed E-state index contributed by atoms with van der Waals surface area (Å²) >= 11 is 3.11. The number of primary amides is 1. The van der Waals surface area contributed by atoms with Crippen LogP contribution >= 0.6 is 15.9 Å². The Morgan fingerprint density at radius 3 is 2.36 bits per heavy atom. The molecule has 4 rings (SSSR count). The lowest BCUT2D eigenvalue weighted by atomic mass is 9.88. The molecule has 3 heterocycles. The van der Waals surface area contributed by atoms with Crippen LogP contribution in [0.15, 0.2) is 60.2 Å². The van der Waals surface area contributed by atoms with Crippen molar-refractivity contribution in [3.63, 3.8) is 0 Å². The summed E-state index contributed by atoms with van der Waals surface area (Å²) in [5.41, 5.74) is 7.58. The number of aryl methyl sites for hydroxylation is 1. The first-order valence-electron chi connectivity index (χ1n) is 24.6. The molecule has 1 aromatic carbocycles. The fourth-order valence-electron chi connectivity index (χ4n) is 8.76. The van der Waals surface area contributed by atoms with Crippen LogP contribution in [0.4, 0.5) is 5.69 Å². The summed E-state index contributed by atoms with van der Waals surface area (Å²) < 4.78 is 28.8. The summed E-state index contributed by atoms with van der Waals surface area (Å²) in [7, 11) is 1.38. The largest absolute Gasteiger partial charge is 0.469 e. The standard InChI is InChI=1S/C52H76BrN5O12/c1-32(2)49(57-44(59)16-10-9-13-25-55-46(61)30-53)51(65)58(36(6)50(54)64)42-15-12-11-14-38(42)20-24-47(62)68-35(5)19-23-45(60)56-41-26-34(4)43(69-37(41)7)22-18-33(3)17-21-39-28-52(31-67-52)29-40(70-39)27-48(63)66-8/h11-12,14-15,17-19,21,23,32,34-37,39-41,43,49H,9-10,13,16,20,22,24-31H2,1-8H3,(H2,54,64)(H,55,61)(H,56,60)(H,57,59)/b21-17+,23-19-,33-18+/t34-,35-,36-,37+,39+,40+,41+,43-,49-,52+/m0/s1. The smallest absolute Gasteiger partial charge is 0.308 e. The van der Waals surface area contributed by atoms with Crippen LogP contribution in [0, 0.1) is 11.8 Å². The number of methoxy groups -OCH3 is 1. The molecule has 388 valence electrons. The van der Waals surface area contributed by atoms with Gasteiger partial charge in [-0.2, -0.15) is 0 Å². The zero-order valence-electron chi connectivity index (χ0n) is 42.2. The number of amides is 5. The van der Waals surface area contributed by atoms with Gasteiger partial charge in [-0.05, 0) is 89.3 Å². The zero-order chi connectivity index (χ0) is 51.5. The van der Waals surface area contributed by atoms with E-state index in [2.05, 4.69) is 44.9 Å². The number of nitrogens with zero attached hydrogens (tertiary/aromatic N) is 1. The van der Waals surface area contributed by atoms with Gasteiger partial charge in [0.2, 0.25) is 23.6 Å². The van der Waals surface area contributed by atoms with Crippen LogP contribution in [0.5, 0.6) is 0 Å². The van der Waals surface area contributed by atoms with Crippen molar-refractivity contribution in [1.29, 1.82) is 0 Å². The Morgan fingerprint density at radius 2 is 1.69 bits per heavy atom. The number of epoxide rings is 1. The van der Waals surface area contributed by atoms with Crippen LogP contribution in [0.1, 0.15) is 118 Å². The molecule has 0 saturated carbocycles. The molecular weight excluding hydrogens is 966 g/mol. The average molecular weight is 1040 g/mol. The summed E-state index contributed by atoms with van der Waals surface area (Å²) in [5, 5.41) is 8.89. The van der Waals surface area contributed by atoms with E-state index >= 15 is 0 Å². The van der Waals surface area contributed by atoms with E-state index < -0.39 is 36.0 Å². The number of unbranched alkanes of at least 4 members (excludes halogenated alkanes) is 2. The van der Waals surface area contributed by atoms with Gasteiger partial charge in [-0.1, -0.05) is 85.1 Å². The van der Waals surface area contributed by atoms with Crippen molar-refractivity contribution < 1.29 is 57.2 Å². The molecule has 70 heavy (non-hydrogen) atoms. The number of benzene rings is 1. The van der Waals surface area contributed by atoms with E-state index in [-0.39, 0.29) is 103 Å². The van der Waals surface area contributed by atoms with E-state index in [0.717, 1.165) is 18.4 Å². The molecule has 1 aromatic rings.